The maximum atomic E-state index is 13.0. The van der Waals surface area contributed by atoms with Crippen LogP contribution >= 0.6 is 0 Å². The standard InChI is InChI=1S/C22H25NO3/c1-21-9-6-18-17-4-3-16(24)12-14(17)2-5-19(18)22(21,10-7-20(21)25)13-15-8-11-26-23-15/h3-4,8,11-12,18-19,24H,2,5-7,9-10,13H2,1H3/t18-,19-,21-,22+/m1/s1. The van der Waals surface area contributed by atoms with Crippen LogP contribution in [0.2, 0.25) is 0 Å². The Balaban J connectivity index is 1.61. The van der Waals surface area contributed by atoms with Gasteiger partial charge in [0, 0.05) is 24.3 Å². The molecule has 26 heavy (non-hydrogen) atoms. The fourth-order valence-electron chi connectivity index (χ4n) is 6.58. The van der Waals surface area contributed by atoms with Crippen molar-refractivity contribution in [3.05, 3.63) is 47.3 Å². The number of aromatic nitrogens is 1. The minimum atomic E-state index is -0.248. The summed E-state index contributed by atoms with van der Waals surface area (Å²) in [6.07, 6.45) is 8.21. The molecule has 0 bridgehead atoms. The van der Waals surface area contributed by atoms with Gasteiger partial charge in [-0.1, -0.05) is 18.1 Å². The lowest BCUT2D eigenvalue weighted by Crippen LogP contribution is -2.52. The first-order valence-corrected chi connectivity index (χ1v) is 9.78. The number of carbonyl (C=O) groups excluding carboxylic acids is 1. The van der Waals surface area contributed by atoms with Crippen LogP contribution < -0.4 is 0 Å². The highest BCUT2D eigenvalue weighted by Gasteiger charge is 2.64. The number of aryl methyl sites for hydroxylation is 1. The molecule has 2 aromatic rings. The predicted octanol–water partition coefficient (Wildman–Crippen LogP) is 4.42. The average molecular weight is 351 g/mol. The lowest BCUT2D eigenvalue weighted by molar-refractivity contribution is -0.136. The van der Waals surface area contributed by atoms with Crippen LogP contribution in [0.3, 0.4) is 0 Å². The predicted molar refractivity (Wildman–Crippen MR) is 96.9 cm³/mol. The van der Waals surface area contributed by atoms with Gasteiger partial charge in [-0.2, -0.15) is 0 Å². The number of nitrogens with zero attached hydrogens (tertiary/aromatic N) is 1. The Morgan fingerprint density at radius 1 is 1.23 bits per heavy atom. The fraction of sp³-hybridized carbons (Fsp3) is 0.545. The fourth-order valence-corrected chi connectivity index (χ4v) is 6.58. The second kappa shape index (κ2) is 5.45. The molecular weight excluding hydrogens is 326 g/mol. The Hall–Kier alpha value is -2.10. The van der Waals surface area contributed by atoms with E-state index >= 15 is 0 Å². The normalized spacial score (nSPS) is 35.7. The zero-order valence-corrected chi connectivity index (χ0v) is 15.2. The van der Waals surface area contributed by atoms with Gasteiger partial charge in [-0.15, -0.1) is 0 Å². The molecule has 3 aliphatic rings. The van der Waals surface area contributed by atoms with Gasteiger partial charge in [0.2, 0.25) is 0 Å². The van der Waals surface area contributed by atoms with Crippen LogP contribution in [0.5, 0.6) is 5.75 Å². The number of Topliss-reactive ketones (excluding diaryl/α,β-unsaturated/α-hetero) is 1. The van der Waals surface area contributed by atoms with Crippen LogP contribution in [0, 0.1) is 16.7 Å². The van der Waals surface area contributed by atoms with Crippen molar-refractivity contribution in [2.45, 2.75) is 57.8 Å². The number of aromatic hydroxyl groups is 1. The van der Waals surface area contributed by atoms with Gasteiger partial charge < -0.3 is 9.63 Å². The average Bonchev–Trinajstić information content (AvgIpc) is 3.22. The Bertz CT molecular complexity index is 858. The summed E-state index contributed by atoms with van der Waals surface area (Å²) >= 11 is 0. The molecule has 4 atom stereocenters. The molecule has 4 heteroatoms. The molecule has 0 saturated heterocycles. The van der Waals surface area contributed by atoms with Gasteiger partial charge in [-0.05, 0) is 72.6 Å². The number of fused-ring (bicyclic) bond motifs is 5. The van der Waals surface area contributed by atoms with Gasteiger partial charge in [0.1, 0.15) is 17.8 Å². The summed E-state index contributed by atoms with van der Waals surface area (Å²) in [7, 11) is 0. The van der Waals surface area contributed by atoms with Crippen molar-refractivity contribution in [1.29, 1.82) is 0 Å². The molecule has 2 saturated carbocycles. The highest BCUT2D eigenvalue weighted by Crippen LogP contribution is 2.67. The van der Waals surface area contributed by atoms with E-state index in [1.165, 1.54) is 11.1 Å². The van der Waals surface area contributed by atoms with Gasteiger partial charge in [0.25, 0.3) is 0 Å². The SMILES string of the molecule is C[C@]12CC[C@@H]3c4ccc(O)cc4CC[C@H]3[C@@]1(Cc1ccon1)CCC2=O. The Morgan fingerprint density at radius 3 is 2.92 bits per heavy atom. The third kappa shape index (κ3) is 2.02. The largest absolute Gasteiger partial charge is 0.508 e. The summed E-state index contributed by atoms with van der Waals surface area (Å²) in [6.45, 7) is 2.21. The van der Waals surface area contributed by atoms with Crippen molar-refractivity contribution in [1.82, 2.24) is 5.16 Å². The summed E-state index contributed by atoms with van der Waals surface area (Å²) < 4.78 is 5.10. The molecule has 1 N–H and O–H groups in total. The Kier molecular flexibility index (Phi) is 3.37. The smallest absolute Gasteiger partial charge is 0.139 e. The van der Waals surface area contributed by atoms with E-state index in [1.807, 2.05) is 18.2 Å². The summed E-state index contributed by atoms with van der Waals surface area (Å²) in [6, 6.07) is 7.82. The lowest BCUT2D eigenvalue weighted by atomic mass is 9.46. The number of hydrogen-bond donors (Lipinski definition) is 1. The lowest BCUT2D eigenvalue weighted by Gasteiger charge is -2.56. The Labute approximate surface area is 153 Å². The van der Waals surface area contributed by atoms with E-state index in [1.54, 1.807) is 6.26 Å². The minimum Gasteiger partial charge on any atom is -0.508 e. The third-order valence-electron chi connectivity index (χ3n) is 7.90. The molecule has 0 unspecified atom stereocenters. The molecule has 0 spiro atoms. The van der Waals surface area contributed by atoms with Gasteiger partial charge in [-0.3, -0.25) is 4.79 Å². The van der Waals surface area contributed by atoms with E-state index in [9.17, 15) is 9.90 Å². The number of phenolic OH excluding ortho intramolecular Hbond substituents is 1. The van der Waals surface area contributed by atoms with Gasteiger partial charge in [-0.25, -0.2) is 0 Å². The Morgan fingerprint density at radius 2 is 2.12 bits per heavy atom. The number of phenols is 1. The molecular formula is C22H25NO3. The van der Waals surface area contributed by atoms with Crippen molar-refractivity contribution in [2.24, 2.45) is 16.7 Å². The zero-order valence-electron chi connectivity index (χ0n) is 15.2. The number of hydrogen-bond acceptors (Lipinski definition) is 4. The number of carbonyl (C=O) groups is 1. The molecule has 0 aliphatic heterocycles. The summed E-state index contributed by atoms with van der Waals surface area (Å²) in [5.74, 6) is 1.76. The van der Waals surface area contributed by atoms with E-state index in [0.29, 0.717) is 29.8 Å². The van der Waals surface area contributed by atoms with E-state index < -0.39 is 0 Å². The topological polar surface area (TPSA) is 63.3 Å². The molecule has 5 rings (SSSR count). The van der Waals surface area contributed by atoms with Crippen LogP contribution in [0.4, 0.5) is 0 Å². The van der Waals surface area contributed by atoms with Crippen molar-refractivity contribution < 1.29 is 14.4 Å². The van der Waals surface area contributed by atoms with Crippen molar-refractivity contribution >= 4 is 5.78 Å². The number of ketones is 1. The van der Waals surface area contributed by atoms with Crippen LogP contribution in [0.25, 0.3) is 0 Å². The molecule has 0 radical (unpaired) electrons. The van der Waals surface area contributed by atoms with Crippen LogP contribution in [0.15, 0.2) is 35.1 Å². The maximum absolute atomic E-state index is 13.0. The maximum Gasteiger partial charge on any atom is 0.139 e. The minimum absolute atomic E-state index is 0.0283. The molecule has 3 aliphatic carbocycles. The van der Waals surface area contributed by atoms with Crippen molar-refractivity contribution in [3.8, 4) is 5.75 Å². The van der Waals surface area contributed by atoms with Gasteiger partial charge in [0.15, 0.2) is 0 Å². The van der Waals surface area contributed by atoms with E-state index in [4.69, 9.17) is 4.52 Å². The number of rotatable bonds is 2. The van der Waals surface area contributed by atoms with E-state index in [-0.39, 0.29) is 10.8 Å². The second-order valence-corrected chi connectivity index (χ2v) is 8.75. The van der Waals surface area contributed by atoms with Crippen LogP contribution in [0.1, 0.15) is 61.8 Å². The van der Waals surface area contributed by atoms with E-state index in [0.717, 1.165) is 44.2 Å². The first-order valence-electron chi connectivity index (χ1n) is 9.78. The van der Waals surface area contributed by atoms with E-state index in [2.05, 4.69) is 18.1 Å². The molecule has 1 aromatic heterocycles. The quantitative estimate of drug-likeness (QED) is 0.870. The highest BCUT2D eigenvalue weighted by molar-refractivity contribution is 5.88. The third-order valence-corrected chi connectivity index (χ3v) is 7.90. The van der Waals surface area contributed by atoms with Crippen molar-refractivity contribution in [3.63, 3.8) is 0 Å². The van der Waals surface area contributed by atoms with Gasteiger partial charge >= 0.3 is 0 Å². The van der Waals surface area contributed by atoms with Crippen molar-refractivity contribution in [2.75, 3.05) is 0 Å². The van der Waals surface area contributed by atoms with Crippen LogP contribution in [-0.2, 0) is 17.6 Å². The zero-order chi connectivity index (χ0) is 17.9. The first-order chi connectivity index (χ1) is 12.5. The molecule has 0 amide bonds. The highest BCUT2D eigenvalue weighted by atomic mass is 16.5. The number of benzene rings is 1. The first kappa shape index (κ1) is 16.1. The van der Waals surface area contributed by atoms with Gasteiger partial charge in [0.05, 0.1) is 5.69 Å². The molecule has 1 heterocycles. The molecule has 136 valence electrons. The second-order valence-electron chi connectivity index (χ2n) is 8.75. The molecule has 4 nitrogen and oxygen atoms in total. The molecule has 2 fully saturated rings. The monoisotopic (exact) mass is 351 g/mol. The van der Waals surface area contributed by atoms with Crippen LogP contribution in [-0.4, -0.2) is 16.0 Å². The summed E-state index contributed by atoms with van der Waals surface area (Å²) in [5, 5.41) is 14.1. The summed E-state index contributed by atoms with van der Waals surface area (Å²) in [4.78, 5) is 13.0. The molecule has 1 aromatic carbocycles. The summed E-state index contributed by atoms with van der Waals surface area (Å²) in [5.41, 5.74) is 3.37.